The third-order valence-corrected chi connectivity index (χ3v) is 6.90. The van der Waals surface area contributed by atoms with Crippen LogP contribution in [0.4, 0.5) is 10.1 Å². The van der Waals surface area contributed by atoms with Gasteiger partial charge in [0.15, 0.2) is 0 Å². The molecule has 0 unspecified atom stereocenters. The molecule has 1 N–H and O–H groups in total. The molecular formula is C25H29FN4OS. The van der Waals surface area contributed by atoms with Gasteiger partial charge in [-0.2, -0.15) is 0 Å². The highest BCUT2D eigenvalue weighted by atomic mass is 32.1. The van der Waals surface area contributed by atoms with E-state index < -0.39 is 0 Å². The van der Waals surface area contributed by atoms with Gasteiger partial charge in [0, 0.05) is 44.8 Å². The molecule has 2 aromatic carbocycles. The lowest BCUT2D eigenvalue weighted by Crippen LogP contribution is -2.47. The number of rotatable bonds is 8. The number of aryl methyl sites for hydroxylation is 1. The number of anilines is 1. The second kappa shape index (κ2) is 10.7. The van der Waals surface area contributed by atoms with Gasteiger partial charge in [0.25, 0.3) is 5.91 Å². The molecule has 1 saturated heterocycles. The van der Waals surface area contributed by atoms with E-state index in [1.807, 2.05) is 13.0 Å². The Kier molecular flexibility index (Phi) is 7.50. The molecule has 32 heavy (non-hydrogen) atoms. The fraction of sp³-hybridized carbons (Fsp3) is 0.360. The highest BCUT2D eigenvalue weighted by molar-refractivity contribution is 7.13. The Hall–Kier alpha value is -2.77. The molecule has 0 radical (unpaired) electrons. The van der Waals surface area contributed by atoms with E-state index in [1.165, 1.54) is 29.2 Å². The number of nitrogens with one attached hydrogen (secondary N) is 1. The molecule has 0 aliphatic carbocycles. The van der Waals surface area contributed by atoms with Crippen LogP contribution >= 0.6 is 11.3 Å². The van der Waals surface area contributed by atoms with E-state index >= 15 is 0 Å². The number of benzene rings is 2. The number of para-hydroxylation sites is 1. The van der Waals surface area contributed by atoms with Crippen LogP contribution in [-0.4, -0.2) is 55.1 Å². The summed E-state index contributed by atoms with van der Waals surface area (Å²) in [4.78, 5) is 22.7. The minimum atomic E-state index is -0.248. The summed E-state index contributed by atoms with van der Waals surface area (Å²) < 4.78 is 13.1. The first-order valence-electron chi connectivity index (χ1n) is 11.1. The molecule has 0 bridgehead atoms. The molecule has 0 saturated carbocycles. The van der Waals surface area contributed by atoms with Crippen molar-refractivity contribution in [1.29, 1.82) is 0 Å². The molecule has 7 heteroatoms. The van der Waals surface area contributed by atoms with Gasteiger partial charge in [-0.1, -0.05) is 30.3 Å². The smallest absolute Gasteiger partial charge is 0.263 e. The van der Waals surface area contributed by atoms with E-state index in [1.54, 1.807) is 12.1 Å². The molecule has 0 atom stereocenters. The summed E-state index contributed by atoms with van der Waals surface area (Å²) in [5.41, 5.74) is 3.03. The van der Waals surface area contributed by atoms with E-state index in [2.05, 4.69) is 44.4 Å². The van der Waals surface area contributed by atoms with E-state index in [0.717, 1.165) is 55.4 Å². The van der Waals surface area contributed by atoms with Crippen molar-refractivity contribution in [1.82, 2.24) is 15.2 Å². The molecule has 5 nitrogen and oxygen atoms in total. The second-order valence-electron chi connectivity index (χ2n) is 8.10. The van der Waals surface area contributed by atoms with Gasteiger partial charge in [-0.25, -0.2) is 9.37 Å². The zero-order valence-electron chi connectivity index (χ0n) is 18.4. The third-order valence-electron chi connectivity index (χ3n) is 5.75. The molecule has 4 rings (SSSR count). The molecular weight excluding hydrogens is 423 g/mol. The number of thiazole rings is 1. The fourth-order valence-electron chi connectivity index (χ4n) is 3.97. The Morgan fingerprint density at radius 3 is 2.50 bits per heavy atom. The summed E-state index contributed by atoms with van der Waals surface area (Å²) in [7, 11) is 0. The average molecular weight is 453 g/mol. The Labute approximate surface area is 192 Å². The molecule has 168 valence electrons. The Morgan fingerprint density at radius 2 is 1.78 bits per heavy atom. The second-order valence-corrected chi connectivity index (χ2v) is 9.18. The lowest BCUT2D eigenvalue weighted by molar-refractivity contribution is 0.0954. The zero-order chi connectivity index (χ0) is 22.3. The predicted octanol–water partition coefficient (Wildman–Crippen LogP) is 4.12. The quantitative estimate of drug-likeness (QED) is 0.523. The number of carbonyl (C=O) groups excluding carboxylic acids is 1. The topological polar surface area (TPSA) is 48.5 Å². The van der Waals surface area contributed by atoms with Crippen molar-refractivity contribution in [3.63, 3.8) is 0 Å². The van der Waals surface area contributed by atoms with E-state index in [4.69, 9.17) is 0 Å². The average Bonchev–Trinajstić information content (AvgIpc) is 3.19. The zero-order valence-corrected chi connectivity index (χ0v) is 19.2. The molecule has 2 heterocycles. The van der Waals surface area contributed by atoms with Crippen molar-refractivity contribution in [2.75, 3.05) is 44.2 Å². The lowest BCUT2D eigenvalue weighted by atomic mass is 10.1. The fourth-order valence-corrected chi connectivity index (χ4v) is 4.98. The van der Waals surface area contributed by atoms with Gasteiger partial charge in [0.05, 0.1) is 10.7 Å². The maximum atomic E-state index is 13.1. The van der Waals surface area contributed by atoms with Gasteiger partial charge in [-0.05, 0) is 49.7 Å². The number of hydrogen-bond acceptors (Lipinski definition) is 5. The first-order chi connectivity index (χ1) is 15.6. The predicted molar refractivity (Wildman–Crippen MR) is 128 cm³/mol. The Bertz CT molecular complexity index is 1010. The summed E-state index contributed by atoms with van der Waals surface area (Å²) in [6.45, 7) is 7.67. The van der Waals surface area contributed by atoms with Crippen LogP contribution in [0.1, 0.15) is 32.4 Å². The SMILES string of the molecule is Cc1nc(Cc2ccc(F)cc2)sc1C(=O)NCCCN1CCN(c2ccccc2)CC1. The molecule has 1 aromatic heterocycles. The minimum Gasteiger partial charge on any atom is -0.369 e. The van der Waals surface area contributed by atoms with E-state index in [0.29, 0.717) is 17.8 Å². The van der Waals surface area contributed by atoms with E-state index in [-0.39, 0.29) is 11.7 Å². The standard InChI is InChI=1S/C25H29FN4OS/c1-19-24(32-23(28-19)18-20-8-10-21(26)11-9-20)25(31)27-12-5-13-29-14-16-30(17-15-29)22-6-3-2-4-7-22/h2-4,6-11H,5,12-18H2,1H3,(H,27,31). The van der Waals surface area contributed by atoms with Crippen LogP contribution in [-0.2, 0) is 6.42 Å². The van der Waals surface area contributed by atoms with Crippen molar-refractivity contribution >= 4 is 22.9 Å². The van der Waals surface area contributed by atoms with Gasteiger partial charge < -0.3 is 10.2 Å². The van der Waals surface area contributed by atoms with Crippen LogP contribution in [0.3, 0.4) is 0 Å². The molecule has 0 spiro atoms. The third kappa shape index (κ3) is 5.93. The molecule has 3 aromatic rings. The monoisotopic (exact) mass is 452 g/mol. The summed E-state index contributed by atoms with van der Waals surface area (Å²) in [6, 6.07) is 17.0. The van der Waals surface area contributed by atoms with Crippen LogP contribution < -0.4 is 10.2 Å². The van der Waals surface area contributed by atoms with E-state index in [9.17, 15) is 9.18 Å². The number of piperazine rings is 1. The largest absolute Gasteiger partial charge is 0.369 e. The minimum absolute atomic E-state index is 0.0562. The van der Waals surface area contributed by atoms with Crippen LogP contribution in [0, 0.1) is 12.7 Å². The van der Waals surface area contributed by atoms with Gasteiger partial charge in [0.2, 0.25) is 0 Å². The van der Waals surface area contributed by atoms with Gasteiger partial charge in [0.1, 0.15) is 10.7 Å². The Morgan fingerprint density at radius 1 is 1.06 bits per heavy atom. The summed E-state index contributed by atoms with van der Waals surface area (Å²) in [5, 5.41) is 3.91. The lowest BCUT2D eigenvalue weighted by Gasteiger charge is -2.36. The van der Waals surface area contributed by atoms with Crippen molar-refractivity contribution in [3.05, 3.63) is 81.6 Å². The number of hydrogen-bond donors (Lipinski definition) is 1. The normalized spacial score (nSPS) is 14.5. The maximum absolute atomic E-state index is 13.1. The van der Waals surface area contributed by atoms with Crippen molar-refractivity contribution in [2.45, 2.75) is 19.8 Å². The molecule has 1 amide bonds. The highest BCUT2D eigenvalue weighted by Crippen LogP contribution is 2.21. The molecule has 1 aliphatic heterocycles. The van der Waals surface area contributed by atoms with Gasteiger partial charge in [-0.3, -0.25) is 9.69 Å². The van der Waals surface area contributed by atoms with Crippen LogP contribution in [0.5, 0.6) is 0 Å². The summed E-state index contributed by atoms with van der Waals surface area (Å²) >= 11 is 1.42. The number of amides is 1. The van der Waals surface area contributed by atoms with Crippen molar-refractivity contribution < 1.29 is 9.18 Å². The van der Waals surface area contributed by atoms with Crippen LogP contribution in [0.15, 0.2) is 54.6 Å². The summed E-state index contributed by atoms with van der Waals surface area (Å²) in [6.07, 6.45) is 1.53. The number of halogens is 1. The first-order valence-corrected chi connectivity index (χ1v) is 11.9. The van der Waals surface area contributed by atoms with Gasteiger partial charge >= 0.3 is 0 Å². The molecule has 1 fully saturated rings. The van der Waals surface area contributed by atoms with Crippen molar-refractivity contribution in [2.24, 2.45) is 0 Å². The maximum Gasteiger partial charge on any atom is 0.263 e. The Balaban J connectivity index is 1.18. The number of aromatic nitrogens is 1. The van der Waals surface area contributed by atoms with Crippen LogP contribution in [0.25, 0.3) is 0 Å². The van der Waals surface area contributed by atoms with Crippen molar-refractivity contribution in [3.8, 4) is 0 Å². The molecule has 1 aliphatic rings. The first kappa shape index (κ1) is 22.4. The highest BCUT2D eigenvalue weighted by Gasteiger charge is 2.18. The van der Waals surface area contributed by atoms with Crippen LogP contribution in [0.2, 0.25) is 0 Å². The van der Waals surface area contributed by atoms with Gasteiger partial charge in [-0.15, -0.1) is 11.3 Å². The summed E-state index contributed by atoms with van der Waals surface area (Å²) in [5.74, 6) is -0.304. The number of carbonyl (C=O) groups is 1. The number of nitrogens with zero attached hydrogens (tertiary/aromatic N) is 3.